The lowest BCUT2D eigenvalue weighted by Gasteiger charge is -2.63. The second kappa shape index (κ2) is 6.33. The standard InChI is InChI=1S/C16H22O11/c1-7(18)12(6-17)13(23,8(2)19)14(24,9(3)20)15(25,10(4)21)16(26,27-12)11(5)22/h17,23-26H,6H2,1-5H3/t12-,13+,14-,15-,16?/m0/s1/i1D,2D,3D,4D,5D. The third kappa shape index (κ3) is 2.21. The molecule has 0 radical (unpaired) electrons. The summed E-state index contributed by atoms with van der Waals surface area (Å²) in [4.78, 5) is 63.0. The van der Waals surface area contributed by atoms with Crippen molar-refractivity contribution in [3.05, 3.63) is 0 Å². The van der Waals surface area contributed by atoms with Crippen molar-refractivity contribution < 1.29 is 61.1 Å². The average Bonchev–Trinajstić information content (AvgIpc) is 2.81. The van der Waals surface area contributed by atoms with Gasteiger partial charge in [0.25, 0.3) is 5.79 Å². The van der Waals surface area contributed by atoms with Gasteiger partial charge in [-0.3, -0.25) is 24.0 Å². The van der Waals surface area contributed by atoms with Gasteiger partial charge in [0.15, 0.2) is 34.5 Å². The highest BCUT2D eigenvalue weighted by molar-refractivity contribution is 6.12. The Labute approximate surface area is 160 Å². The van der Waals surface area contributed by atoms with Crippen LogP contribution in [-0.2, 0) is 28.7 Å². The summed E-state index contributed by atoms with van der Waals surface area (Å²) < 4.78 is 40.9. The van der Waals surface area contributed by atoms with Crippen LogP contribution in [0.1, 0.15) is 41.4 Å². The second-order valence-corrected chi connectivity index (χ2v) is 5.98. The van der Waals surface area contributed by atoms with E-state index in [1.54, 1.807) is 0 Å². The Morgan fingerprint density at radius 2 is 1.11 bits per heavy atom. The summed E-state index contributed by atoms with van der Waals surface area (Å²) in [5.74, 6) is -14.5. The largest absolute Gasteiger partial charge is 0.393 e. The van der Waals surface area contributed by atoms with E-state index in [1.807, 2.05) is 0 Å². The van der Waals surface area contributed by atoms with Crippen molar-refractivity contribution in [1.82, 2.24) is 0 Å². The third-order valence-electron chi connectivity index (χ3n) is 4.71. The van der Waals surface area contributed by atoms with Crippen LogP contribution in [0.4, 0.5) is 0 Å². The normalized spacial score (nSPS) is 44.1. The molecule has 1 heterocycles. The maximum Gasteiger partial charge on any atom is 0.268 e. The summed E-state index contributed by atoms with van der Waals surface area (Å²) in [6, 6.07) is 0. The van der Waals surface area contributed by atoms with E-state index in [9.17, 15) is 49.5 Å². The number of hydrogen-bond donors (Lipinski definition) is 5. The topological polar surface area (TPSA) is 196 Å². The highest BCUT2D eigenvalue weighted by atomic mass is 16.7. The Morgan fingerprint density at radius 1 is 0.704 bits per heavy atom. The number of rotatable bonds is 6. The molecule has 1 aliphatic rings. The van der Waals surface area contributed by atoms with E-state index in [4.69, 9.17) is 11.6 Å². The summed E-state index contributed by atoms with van der Waals surface area (Å²) in [5.41, 5.74) is -17.1. The molecule has 1 aliphatic heterocycles. The number of aliphatic hydroxyl groups is 5. The third-order valence-corrected chi connectivity index (χ3v) is 4.71. The van der Waals surface area contributed by atoms with E-state index in [-0.39, 0.29) is 0 Å². The minimum atomic E-state index is -4.52. The summed E-state index contributed by atoms with van der Waals surface area (Å²) in [6.45, 7) is -9.90. The van der Waals surface area contributed by atoms with Gasteiger partial charge in [0.1, 0.15) is 0 Å². The number of aliphatic hydroxyl groups excluding tert-OH is 1. The molecule has 0 aliphatic carbocycles. The van der Waals surface area contributed by atoms with Crippen LogP contribution in [-0.4, -0.2) is 89.2 Å². The Bertz CT molecular complexity index is 839. The van der Waals surface area contributed by atoms with E-state index in [2.05, 4.69) is 0 Å². The molecule has 1 saturated heterocycles. The van der Waals surface area contributed by atoms with Crippen molar-refractivity contribution in [3.8, 4) is 0 Å². The van der Waals surface area contributed by atoms with Crippen LogP contribution in [0.25, 0.3) is 0 Å². The van der Waals surface area contributed by atoms with Gasteiger partial charge in [0.2, 0.25) is 16.8 Å². The lowest BCUT2D eigenvalue weighted by molar-refractivity contribution is -0.409. The monoisotopic (exact) mass is 395 g/mol. The summed E-state index contributed by atoms with van der Waals surface area (Å²) in [7, 11) is 0. The minimum absolute atomic E-state index is 1.49. The first-order chi connectivity index (χ1) is 14.7. The number of ketones is 5. The molecule has 0 spiro atoms. The van der Waals surface area contributed by atoms with Crippen LogP contribution >= 0.6 is 0 Å². The average molecular weight is 395 g/mol. The zero-order valence-electron chi connectivity index (χ0n) is 18.9. The SMILES string of the molecule is [2H]CC(=O)C1(O)O[C@@](CO)(C(=O)C[2H])[C@](O)(C(=O)C[2H])[C@@](O)(C(=O)C[2H])[C@@]1(O)C(=O)C[2H]. The van der Waals surface area contributed by atoms with Gasteiger partial charge in [-0.15, -0.1) is 0 Å². The Hall–Kier alpha value is -1.89. The van der Waals surface area contributed by atoms with Gasteiger partial charge in [-0.1, -0.05) is 0 Å². The molecule has 1 rings (SSSR count). The van der Waals surface area contributed by atoms with Gasteiger partial charge in [0, 0.05) is 13.8 Å². The first-order valence-corrected chi connectivity index (χ1v) is 7.01. The lowest BCUT2D eigenvalue weighted by Crippen LogP contribution is -2.94. The van der Waals surface area contributed by atoms with E-state index in [0.29, 0.717) is 0 Å². The van der Waals surface area contributed by atoms with Crippen molar-refractivity contribution in [2.45, 2.75) is 62.7 Å². The minimum Gasteiger partial charge on any atom is -0.393 e. The molecule has 0 amide bonds. The molecule has 0 bridgehead atoms. The van der Waals surface area contributed by atoms with Crippen molar-refractivity contribution >= 4 is 28.9 Å². The molecule has 5 N–H and O–H groups in total. The zero-order valence-corrected chi connectivity index (χ0v) is 13.9. The molecule has 1 fully saturated rings. The highest BCUT2D eigenvalue weighted by Crippen LogP contribution is 2.54. The lowest BCUT2D eigenvalue weighted by atomic mass is 9.53. The van der Waals surface area contributed by atoms with Gasteiger partial charge >= 0.3 is 0 Å². The zero-order chi connectivity index (χ0) is 25.3. The first kappa shape index (κ1) is 16.1. The van der Waals surface area contributed by atoms with Gasteiger partial charge < -0.3 is 30.3 Å². The van der Waals surface area contributed by atoms with Crippen LogP contribution in [0.2, 0.25) is 0 Å². The molecule has 11 heteroatoms. The van der Waals surface area contributed by atoms with E-state index >= 15 is 0 Å². The van der Waals surface area contributed by atoms with E-state index in [0.717, 1.165) is 0 Å². The summed E-state index contributed by atoms with van der Waals surface area (Å²) in [6.07, 6.45) is 0. The van der Waals surface area contributed by atoms with Crippen molar-refractivity contribution in [2.24, 2.45) is 0 Å². The van der Waals surface area contributed by atoms with Crippen LogP contribution in [0.3, 0.4) is 0 Å². The molecule has 27 heavy (non-hydrogen) atoms. The van der Waals surface area contributed by atoms with Gasteiger partial charge in [-0.2, -0.15) is 0 Å². The van der Waals surface area contributed by atoms with Crippen LogP contribution in [0, 0.1) is 0 Å². The predicted octanol–water partition coefficient (Wildman–Crippen LogP) is -3.43. The molecular weight excluding hydrogens is 368 g/mol. The maximum atomic E-state index is 12.7. The summed E-state index contributed by atoms with van der Waals surface area (Å²) in [5, 5.41) is 54.6. The predicted molar refractivity (Wildman–Crippen MR) is 84.1 cm³/mol. The number of ether oxygens (including phenoxy) is 1. The van der Waals surface area contributed by atoms with Crippen molar-refractivity contribution in [3.63, 3.8) is 0 Å². The molecule has 0 aromatic carbocycles. The van der Waals surface area contributed by atoms with Crippen LogP contribution in [0.15, 0.2) is 0 Å². The number of carbonyl (C=O) groups is 5. The number of carbonyl (C=O) groups excluding carboxylic acids is 5. The molecular formula is C16H22O11. The van der Waals surface area contributed by atoms with Gasteiger partial charge in [0.05, 0.1) is 6.61 Å². The molecule has 11 nitrogen and oxygen atoms in total. The number of hydrogen-bond acceptors (Lipinski definition) is 11. The Balaban J connectivity index is 4.49. The smallest absolute Gasteiger partial charge is 0.268 e. The van der Waals surface area contributed by atoms with Crippen LogP contribution in [0.5, 0.6) is 0 Å². The fourth-order valence-electron chi connectivity index (χ4n) is 3.17. The molecule has 0 saturated carbocycles. The Morgan fingerprint density at radius 3 is 1.52 bits per heavy atom. The maximum absolute atomic E-state index is 12.7. The Kier molecular flexibility index (Phi) is 3.77. The van der Waals surface area contributed by atoms with E-state index in [1.165, 1.54) is 0 Å². The molecule has 152 valence electrons. The fraction of sp³-hybridized carbons (Fsp3) is 0.688. The fourth-order valence-corrected chi connectivity index (χ4v) is 3.17. The molecule has 0 aromatic rings. The van der Waals surface area contributed by atoms with Crippen LogP contribution < -0.4 is 0 Å². The second-order valence-electron chi connectivity index (χ2n) is 5.98. The number of Topliss-reactive ketones (excluding diaryl/α,β-unsaturated/α-hetero) is 5. The highest BCUT2D eigenvalue weighted by Gasteiger charge is 2.88. The molecule has 0 aromatic heterocycles. The summed E-state index contributed by atoms with van der Waals surface area (Å²) >= 11 is 0. The van der Waals surface area contributed by atoms with E-state index < -0.39 is 98.2 Å². The first-order valence-electron chi connectivity index (χ1n) is 10.5. The quantitative estimate of drug-likeness (QED) is 0.300. The van der Waals surface area contributed by atoms with Crippen molar-refractivity contribution in [1.29, 1.82) is 0 Å². The molecule has 1 unspecified atom stereocenters. The van der Waals surface area contributed by atoms with Gasteiger partial charge in [-0.05, 0) is 27.6 Å². The van der Waals surface area contributed by atoms with Gasteiger partial charge in [-0.25, -0.2) is 0 Å². The van der Waals surface area contributed by atoms with Crippen molar-refractivity contribution in [2.75, 3.05) is 6.61 Å². The molecule has 5 atom stereocenters.